The van der Waals surface area contributed by atoms with Crippen LogP contribution in [-0.2, 0) is 13.0 Å². The fourth-order valence-corrected chi connectivity index (χ4v) is 3.01. The normalized spacial score (nSPS) is 12.6. The minimum atomic E-state index is -0.153. The fourth-order valence-electron chi connectivity index (χ4n) is 2.44. The van der Waals surface area contributed by atoms with Gasteiger partial charge in [0.05, 0.1) is 22.4 Å². The van der Waals surface area contributed by atoms with E-state index in [2.05, 4.69) is 40.2 Å². The molecule has 2 rings (SSSR count). The van der Waals surface area contributed by atoms with Crippen LogP contribution >= 0.6 is 15.9 Å². The van der Waals surface area contributed by atoms with Crippen molar-refractivity contribution in [2.45, 2.75) is 39.3 Å². The molecule has 1 N–H and O–H groups in total. The molecule has 0 saturated heterocycles. The van der Waals surface area contributed by atoms with Crippen molar-refractivity contribution < 1.29 is 4.39 Å². The monoisotopic (exact) mass is 353 g/mol. The Morgan fingerprint density at radius 1 is 1.33 bits per heavy atom. The van der Waals surface area contributed by atoms with Crippen LogP contribution in [0.2, 0.25) is 0 Å². The van der Waals surface area contributed by atoms with E-state index in [4.69, 9.17) is 0 Å². The van der Waals surface area contributed by atoms with Crippen molar-refractivity contribution in [3.63, 3.8) is 0 Å². The molecule has 0 spiro atoms. The third-order valence-corrected chi connectivity index (χ3v) is 4.10. The molecule has 0 bridgehead atoms. The Bertz CT molecular complexity index is 583. The number of benzene rings is 1. The van der Waals surface area contributed by atoms with E-state index in [1.165, 1.54) is 6.07 Å². The van der Waals surface area contributed by atoms with Crippen molar-refractivity contribution in [3.8, 4) is 0 Å². The van der Waals surface area contributed by atoms with Crippen LogP contribution in [0.4, 0.5) is 4.39 Å². The second-order valence-electron chi connectivity index (χ2n) is 5.00. The Hall–Kier alpha value is -1.20. The second kappa shape index (κ2) is 7.71. The molecule has 0 amide bonds. The zero-order chi connectivity index (χ0) is 15.2. The maximum atomic E-state index is 13.9. The van der Waals surface area contributed by atoms with E-state index < -0.39 is 0 Å². The van der Waals surface area contributed by atoms with Crippen molar-refractivity contribution >= 4 is 15.9 Å². The lowest BCUT2D eigenvalue weighted by atomic mass is 10.0. The number of aryl methyl sites for hydroxylation is 1. The summed E-state index contributed by atoms with van der Waals surface area (Å²) in [5.74, 6) is -0.153. The van der Waals surface area contributed by atoms with Gasteiger partial charge in [0.2, 0.25) is 0 Å². The van der Waals surface area contributed by atoms with Crippen molar-refractivity contribution in [3.05, 3.63) is 52.0 Å². The van der Waals surface area contributed by atoms with Gasteiger partial charge in [0.1, 0.15) is 5.82 Å². The zero-order valence-corrected chi connectivity index (χ0v) is 14.0. The summed E-state index contributed by atoms with van der Waals surface area (Å²) < 4.78 is 16.9. The van der Waals surface area contributed by atoms with E-state index in [-0.39, 0.29) is 11.9 Å². The summed E-state index contributed by atoms with van der Waals surface area (Å²) in [6.45, 7) is 5.87. The molecule has 1 aromatic carbocycles. The molecule has 21 heavy (non-hydrogen) atoms. The largest absolute Gasteiger partial charge is 0.308 e. The lowest BCUT2D eigenvalue weighted by molar-refractivity contribution is 0.469. The molecule has 0 aliphatic rings. The van der Waals surface area contributed by atoms with E-state index >= 15 is 0 Å². The lowest BCUT2D eigenvalue weighted by Gasteiger charge is -2.21. The van der Waals surface area contributed by atoms with Crippen LogP contribution in [0.3, 0.4) is 0 Å². The van der Waals surface area contributed by atoms with Gasteiger partial charge in [-0.05, 0) is 53.9 Å². The van der Waals surface area contributed by atoms with Crippen LogP contribution in [0.25, 0.3) is 0 Å². The third kappa shape index (κ3) is 3.92. The Morgan fingerprint density at radius 3 is 2.76 bits per heavy atom. The van der Waals surface area contributed by atoms with Gasteiger partial charge in [0, 0.05) is 6.54 Å². The molecule has 1 unspecified atom stereocenters. The zero-order valence-electron chi connectivity index (χ0n) is 12.4. The van der Waals surface area contributed by atoms with Crippen LogP contribution in [0.15, 0.2) is 34.9 Å². The summed E-state index contributed by atoms with van der Waals surface area (Å²) >= 11 is 3.57. The van der Waals surface area contributed by atoms with E-state index in [1.807, 2.05) is 16.8 Å². The van der Waals surface area contributed by atoms with Crippen molar-refractivity contribution in [1.82, 2.24) is 15.1 Å². The number of hydrogen-bond donors (Lipinski definition) is 1. The molecule has 2 aromatic rings. The predicted octanol–water partition coefficient (Wildman–Crippen LogP) is 4.09. The molecular formula is C16H21BrFN3. The van der Waals surface area contributed by atoms with Crippen molar-refractivity contribution in [1.29, 1.82) is 0 Å². The highest BCUT2D eigenvalue weighted by Gasteiger charge is 2.20. The first kappa shape index (κ1) is 16.2. The maximum Gasteiger partial charge on any atom is 0.126 e. The van der Waals surface area contributed by atoms with Gasteiger partial charge in [0.25, 0.3) is 0 Å². The Morgan fingerprint density at radius 2 is 2.10 bits per heavy atom. The highest BCUT2D eigenvalue weighted by atomic mass is 79.9. The quantitative estimate of drug-likeness (QED) is 0.812. The number of hydrogen-bond acceptors (Lipinski definition) is 2. The van der Waals surface area contributed by atoms with Crippen LogP contribution in [0, 0.1) is 5.82 Å². The van der Waals surface area contributed by atoms with E-state index in [9.17, 15) is 4.39 Å². The minimum absolute atomic E-state index is 0.0404. The molecule has 0 saturated carbocycles. The van der Waals surface area contributed by atoms with Gasteiger partial charge >= 0.3 is 0 Å². The number of nitrogens with one attached hydrogen (secondary N) is 1. The summed E-state index contributed by atoms with van der Waals surface area (Å²) in [5.41, 5.74) is 1.80. The van der Waals surface area contributed by atoms with Gasteiger partial charge in [0.15, 0.2) is 0 Å². The number of rotatable bonds is 7. The summed E-state index contributed by atoms with van der Waals surface area (Å²) in [6.07, 6.45) is 3.45. The molecule has 0 aliphatic carbocycles. The van der Waals surface area contributed by atoms with Crippen LogP contribution in [0.1, 0.15) is 37.6 Å². The smallest absolute Gasteiger partial charge is 0.126 e. The van der Waals surface area contributed by atoms with Crippen LogP contribution < -0.4 is 5.32 Å². The summed E-state index contributed by atoms with van der Waals surface area (Å²) in [4.78, 5) is 0. The number of aromatic nitrogens is 2. The molecule has 3 nitrogen and oxygen atoms in total. The SMILES string of the molecule is CCCNC(Cc1ccccc1F)c1c(Br)cnn1CC. The number of nitrogens with zero attached hydrogens (tertiary/aromatic N) is 2. The molecule has 0 aliphatic heterocycles. The molecule has 1 heterocycles. The van der Waals surface area contributed by atoms with E-state index in [0.717, 1.165) is 35.2 Å². The van der Waals surface area contributed by atoms with Gasteiger partial charge in [-0.2, -0.15) is 5.10 Å². The highest BCUT2D eigenvalue weighted by molar-refractivity contribution is 9.10. The van der Waals surface area contributed by atoms with Gasteiger partial charge in [-0.1, -0.05) is 25.1 Å². The molecule has 1 aromatic heterocycles. The van der Waals surface area contributed by atoms with Gasteiger partial charge in [-0.15, -0.1) is 0 Å². The molecule has 0 radical (unpaired) electrons. The second-order valence-corrected chi connectivity index (χ2v) is 5.85. The highest BCUT2D eigenvalue weighted by Crippen LogP contribution is 2.27. The first-order valence-electron chi connectivity index (χ1n) is 7.35. The average molecular weight is 354 g/mol. The maximum absolute atomic E-state index is 13.9. The topological polar surface area (TPSA) is 29.9 Å². The average Bonchev–Trinajstić information content (AvgIpc) is 2.86. The predicted molar refractivity (Wildman–Crippen MR) is 86.7 cm³/mol. The third-order valence-electron chi connectivity index (χ3n) is 3.49. The van der Waals surface area contributed by atoms with E-state index in [0.29, 0.717) is 6.42 Å². The Labute approximate surface area is 133 Å². The summed E-state index contributed by atoms with van der Waals surface area (Å²) in [7, 11) is 0. The molecule has 0 fully saturated rings. The minimum Gasteiger partial charge on any atom is -0.308 e. The van der Waals surface area contributed by atoms with Crippen LogP contribution in [0.5, 0.6) is 0 Å². The van der Waals surface area contributed by atoms with Crippen LogP contribution in [-0.4, -0.2) is 16.3 Å². The number of halogens is 2. The molecule has 114 valence electrons. The summed E-state index contributed by atoms with van der Waals surface area (Å²) in [5, 5.41) is 7.87. The van der Waals surface area contributed by atoms with Gasteiger partial charge in [-0.3, -0.25) is 4.68 Å². The lowest BCUT2D eigenvalue weighted by Crippen LogP contribution is -2.27. The molecule has 1 atom stereocenters. The molecule has 5 heteroatoms. The standard InChI is InChI=1S/C16H21BrFN3/c1-3-9-19-15(10-12-7-5-6-8-14(12)18)16-13(17)11-20-21(16)4-2/h5-8,11,15,19H,3-4,9-10H2,1-2H3. The first-order valence-corrected chi connectivity index (χ1v) is 8.14. The molecular weight excluding hydrogens is 333 g/mol. The van der Waals surface area contributed by atoms with E-state index in [1.54, 1.807) is 12.3 Å². The first-order chi connectivity index (χ1) is 10.2. The van der Waals surface area contributed by atoms with Crippen molar-refractivity contribution in [2.75, 3.05) is 6.54 Å². The van der Waals surface area contributed by atoms with Gasteiger partial charge in [-0.25, -0.2) is 4.39 Å². The fraction of sp³-hybridized carbons (Fsp3) is 0.438. The summed E-state index contributed by atoms with van der Waals surface area (Å²) in [6, 6.07) is 6.99. The Kier molecular flexibility index (Phi) is 5.94. The van der Waals surface area contributed by atoms with Crippen molar-refractivity contribution in [2.24, 2.45) is 0 Å². The van der Waals surface area contributed by atoms with Gasteiger partial charge < -0.3 is 5.32 Å². The Balaban J connectivity index is 2.30.